The van der Waals surface area contributed by atoms with Crippen LogP contribution in [0.25, 0.3) is 11.3 Å². The first-order chi connectivity index (χ1) is 7.18. The van der Waals surface area contributed by atoms with Crippen molar-refractivity contribution in [2.75, 3.05) is 0 Å². The SMILES string of the molecule is Cc1cccc(-c2[nH]cnc(=S)c2F)c1. The van der Waals surface area contributed by atoms with Crippen LogP contribution < -0.4 is 0 Å². The van der Waals surface area contributed by atoms with Gasteiger partial charge in [-0.25, -0.2) is 9.37 Å². The molecule has 1 aromatic heterocycles. The molecule has 2 nitrogen and oxygen atoms in total. The van der Waals surface area contributed by atoms with Gasteiger partial charge in [0, 0.05) is 5.56 Å². The molecule has 0 radical (unpaired) electrons. The van der Waals surface area contributed by atoms with Gasteiger partial charge in [-0.3, -0.25) is 0 Å². The average Bonchev–Trinajstić information content (AvgIpc) is 2.22. The number of nitrogens with zero attached hydrogens (tertiary/aromatic N) is 1. The molecule has 76 valence electrons. The summed E-state index contributed by atoms with van der Waals surface area (Å²) >= 11 is 4.77. The fourth-order valence-corrected chi connectivity index (χ4v) is 1.55. The molecule has 15 heavy (non-hydrogen) atoms. The molecule has 0 saturated heterocycles. The first-order valence-electron chi connectivity index (χ1n) is 4.48. The zero-order valence-corrected chi connectivity index (χ0v) is 8.94. The van der Waals surface area contributed by atoms with Gasteiger partial charge in [0.2, 0.25) is 0 Å². The molecule has 0 spiro atoms. The van der Waals surface area contributed by atoms with Crippen LogP contribution in [0.2, 0.25) is 0 Å². The number of nitrogens with one attached hydrogen (secondary N) is 1. The molecule has 1 heterocycles. The highest BCUT2D eigenvalue weighted by Gasteiger charge is 2.06. The van der Waals surface area contributed by atoms with Crippen molar-refractivity contribution in [2.45, 2.75) is 6.92 Å². The van der Waals surface area contributed by atoms with E-state index in [1.54, 1.807) is 0 Å². The molecular formula is C11H9FN2S. The minimum Gasteiger partial charge on any atom is -0.343 e. The second-order valence-corrected chi connectivity index (χ2v) is 3.65. The Kier molecular flexibility index (Phi) is 2.60. The van der Waals surface area contributed by atoms with Crippen molar-refractivity contribution >= 4 is 12.2 Å². The van der Waals surface area contributed by atoms with Crippen LogP contribution in [0.4, 0.5) is 4.39 Å². The molecule has 0 aliphatic carbocycles. The lowest BCUT2D eigenvalue weighted by Crippen LogP contribution is -1.92. The van der Waals surface area contributed by atoms with E-state index in [0.717, 1.165) is 11.1 Å². The van der Waals surface area contributed by atoms with Gasteiger partial charge < -0.3 is 4.98 Å². The Balaban J connectivity index is 2.64. The second kappa shape index (κ2) is 3.90. The lowest BCUT2D eigenvalue weighted by atomic mass is 10.1. The number of hydrogen-bond acceptors (Lipinski definition) is 2. The molecule has 0 aliphatic rings. The third-order valence-electron chi connectivity index (χ3n) is 2.10. The maximum atomic E-state index is 13.6. The molecule has 2 aromatic rings. The minimum atomic E-state index is -0.474. The number of rotatable bonds is 1. The minimum absolute atomic E-state index is 0.00902. The first kappa shape index (κ1) is 9.98. The molecule has 4 heteroatoms. The summed E-state index contributed by atoms with van der Waals surface area (Å²) in [6.07, 6.45) is 1.41. The van der Waals surface area contributed by atoms with Crippen molar-refractivity contribution in [3.8, 4) is 11.3 Å². The summed E-state index contributed by atoms with van der Waals surface area (Å²) < 4.78 is 13.6. The predicted molar refractivity (Wildman–Crippen MR) is 59.6 cm³/mol. The van der Waals surface area contributed by atoms with Crippen molar-refractivity contribution in [3.63, 3.8) is 0 Å². The molecule has 2 rings (SSSR count). The lowest BCUT2D eigenvalue weighted by Gasteiger charge is -2.03. The van der Waals surface area contributed by atoms with E-state index in [1.165, 1.54) is 6.33 Å². The Bertz CT molecular complexity index is 548. The molecule has 0 unspecified atom stereocenters. The number of aromatic nitrogens is 2. The summed E-state index contributed by atoms with van der Waals surface area (Å²) in [7, 11) is 0. The molecular weight excluding hydrogens is 211 g/mol. The summed E-state index contributed by atoms with van der Waals surface area (Å²) in [6.45, 7) is 1.96. The van der Waals surface area contributed by atoms with Gasteiger partial charge in [0.05, 0.1) is 12.0 Å². The largest absolute Gasteiger partial charge is 0.343 e. The van der Waals surface area contributed by atoms with Crippen LogP contribution in [0, 0.1) is 17.4 Å². The number of H-pyrrole nitrogens is 1. The van der Waals surface area contributed by atoms with Gasteiger partial charge in [0.25, 0.3) is 0 Å². The van der Waals surface area contributed by atoms with Gasteiger partial charge >= 0.3 is 0 Å². The van der Waals surface area contributed by atoms with Crippen molar-refractivity contribution in [3.05, 3.63) is 46.6 Å². The lowest BCUT2D eigenvalue weighted by molar-refractivity contribution is 0.613. The zero-order valence-electron chi connectivity index (χ0n) is 8.12. The van der Waals surface area contributed by atoms with Crippen molar-refractivity contribution < 1.29 is 4.39 Å². The van der Waals surface area contributed by atoms with Crippen molar-refractivity contribution in [2.24, 2.45) is 0 Å². The summed E-state index contributed by atoms with van der Waals surface area (Å²) in [6, 6.07) is 7.55. The van der Waals surface area contributed by atoms with Gasteiger partial charge in [0.1, 0.15) is 0 Å². The van der Waals surface area contributed by atoms with E-state index in [2.05, 4.69) is 9.97 Å². The molecule has 1 N–H and O–H groups in total. The maximum Gasteiger partial charge on any atom is 0.183 e. The maximum absolute atomic E-state index is 13.6. The molecule has 0 bridgehead atoms. The molecule has 0 aliphatic heterocycles. The number of aryl methyl sites for hydroxylation is 1. The van der Waals surface area contributed by atoms with E-state index in [-0.39, 0.29) is 4.64 Å². The van der Waals surface area contributed by atoms with Crippen LogP contribution in [0.5, 0.6) is 0 Å². The third kappa shape index (κ3) is 1.94. The highest BCUT2D eigenvalue weighted by molar-refractivity contribution is 7.71. The van der Waals surface area contributed by atoms with Crippen LogP contribution in [0.3, 0.4) is 0 Å². The molecule has 1 aromatic carbocycles. The van der Waals surface area contributed by atoms with Gasteiger partial charge in [0.15, 0.2) is 10.5 Å². The Morgan fingerprint density at radius 3 is 2.93 bits per heavy atom. The predicted octanol–water partition coefficient (Wildman–Crippen LogP) is 3.25. The van der Waals surface area contributed by atoms with Gasteiger partial charge in [-0.1, -0.05) is 36.0 Å². The highest BCUT2D eigenvalue weighted by atomic mass is 32.1. The number of benzene rings is 1. The van der Waals surface area contributed by atoms with Gasteiger partial charge in [-0.2, -0.15) is 0 Å². The molecule has 0 atom stereocenters. The van der Waals surface area contributed by atoms with Gasteiger partial charge in [-0.05, 0) is 13.0 Å². The van der Waals surface area contributed by atoms with Crippen LogP contribution in [0.1, 0.15) is 5.56 Å². The fourth-order valence-electron chi connectivity index (χ4n) is 1.39. The van der Waals surface area contributed by atoms with E-state index >= 15 is 0 Å². The summed E-state index contributed by atoms with van der Waals surface area (Å²) in [5.74, 6) is -0.474. The fraction of sp³-hybridized carbons (Fsp3) is 0.0909. The van der Waals surface area contributed by atoms with Crippen molar-refractivity contribution in [1.29, 1.82) is 0 Å². The topological polar surface area (TPSA) is 28.7 Å². The van der Waals surface area contributed by atoms with E-state index in [0.29, 0.717) is 5.69 Å². The van der Waals surface area contributed by atoms with Crippen LogP contribution in [-0.2, 0) is 0 Å². The summed E-state index contributed by atoms with van der Waals surface area (Å²) in [5.41, 5.74) is 2.24. The third-order valence-corrected chi connectivity index (χ3v) is 2.39. The zero-order chi connectivity index (χ0) is 10.8. The van der Waals surface area contributed by atoms with Crippen LogP contribution in [-0.4, -0.2) is 9.97 Å². The smallest absolute Gasteiger partial charge is 0.183 e. The van der Waals surface area contributed by atoms with Crippen LogP contribution >= 0.6 is 12.2 Å². The van der Waals surface area contributed by atoms with E-state index < -0.39 is 5.82 Å². The number of halogens is 1. The Morgan fingerprint density at radius 2 is 2.20 bits per heavy atom. The second-order valence-electron chi connectivity index (χ2n) is 3.27. The van der Waals surface area contributed by atoms with E-state index in [9.17, 15) is 4.39 Å². The number of aromatic amines is 1. The normalized spacial score (nSPS) is 10.3. The monoisotopic (exact) mass is 220 g/mol. The van der Waals surface area contributed by atoms with E-state index in [1.807, 2.05) is 31.2 Å². The standard InChI is InChI=1S/C11H9FN2S/c1-7-3-2-4-8(5-7)10-9(12)11(15)14-6-13-10/h2-6H,1H3,(H,13,14,15). The Hall–Kier alpha value is -1.55. The van der Waals surface area contributed by atoms with Gasteiger partial charge in [-0.15, -0.1) is 0 Å². The molecule has 0 saturated carbocycles. The number of hydrogen-bond donors (Lipinski definition) is 1. The van der Waals surface area contributed by atoms with Crippen LogP contribution in [0.15, 0.2) is 30.6 Å². The van der Waals surface area contributed by atoms with Crippen molar-refractivity contribution in [1.82, 2.24) is 9.97 Å². The van der Waals surface area contributed by atoms with E-state index in [4.69, 9.17) is 12.2 Å². The summed E-state index contributed by atoms with van der Waals surface area (Å²) in [4.78, 5) is 6.44. The average molecular weight is 220 g/mol. The Labute approximate surface area is 91.8 Å². The summed E-state index contributed by atoms with van der Waals surface area (Å²) in [5, 5.41) is 0. The highest BCUT2D eigenvalue weighted by Crippen LogP contribution is 2.20. The first-order valence-corrected chi connectivity index (χ1v) is 4.89. The quantitative estimate of drug-likeness (QED) is 0.747. The molecule has 0 fully saturated rings. The Morgan fingerprint density at radius 1 is 1.40 bits per heavy atom. The molecule has 0 amide bonds.